The van der Waals surface area contributed by atoms with Crippen molar-refractivity contribution in [3.63, 3.8) is 0 Å². The average molecular weight is 576 g/mol. The molecule has 0 aliphatic heterocycles. The molecule has 0 bridgehead atoms. The number of aliphatic hydroxyl groups excluding tert-OH is 1. The minimum Gasteiger partial charge on any atom is -0.393 e. The first kappa shape index (κ1) is 30.2. The van der Waals surface area contributed by atoms with E-state index in [2.05, 4.69) is 112 Å². The summed E-state index contributed by atoms with van der Waals surface area (Å²) in [5.41, 5.74) is 8.75. The van der Waals surface area contributed by atoms with Gasteiger partial charge in [0.1, 0.15) is 0 Å². The Balaban J connectivity index is 1.04. The van der Waals surface area contributed by atoms with Gasteiger partial charge in [0.15, 0.2) is 0 Å². The lowest BCUT2D eigenvalue weighted by atomic mass is 9.75. The fraction of sp³-hybridized carbons (Fsp3) is 0.512. The molecular weight excluding hydrogens is 522 g/mol. The average Bonchev–Trinajstić information content (AvgIpc) is 3.48. The summed E-state index contributed by atoms with van der Waals surface area (Å²) in [5.74, 6) is 2.49. The van der Waals surface area contributed by atoms with Crippen molar-refractivity contribution < 1.29 is 5.11 Å². The van der Waals surface area contributed by atoms with E-state index in [-0.39, 0.29) is 11.5 Å². The molecule has 3 aromatic carbocycles. The Kier molecular flexibility index (Phi) is 8.88. The zero-order valence-corrected chi connectivity index (χ0v) is 27.3. The second-order valence-corrected chi connectivity index (χ2v) is 15.0. The van der Waals surface area contributed by atoms with E-state index < -0.39 is 0 Å². The molecule has 2 heteroatoms. The van der Waals surface area contributed by atoms with Gasteiger partial charge >= 0.3 is 0 Å². The molecule has 0 saturated heterocycles. The lowest BCUT2D eigenvalue weighted by molar-refractivity contribution is 0.108. The molecular formula is C41H53NO. The molecule has 1 heterocycles. The van der Waals surface area contributed by atoms with Crippen LogP contribution in [0.5, 0.6) is 0 Å². The summed E-state index contributed by atoms with van der Waals surface area (Å²) in [6, 6.07) is 24.7. The van der Waals surface area contributed by atoms with Crippen LogP contribution in [0.25, 0.3) is 21.8 Å². The van der Waals surface area contributed by atoms with Gasteiger partial charge < -0.3 is 9.67 Å². The van der Waals surface area contributed by atoms with E-state index in [1.165, 1.54) is 76.2 Å². The molecule has 1 aromatic heterocycles. The van der Waals surface area contributed by atoms with E-state index in [1.54, 1.807) is 0 Å². The molecule has 6 rings (SSSR count). The molecule has 2 nitrogen and oxygen atoms in total. The Morgan fingerprint density at radius 1 is 0.860 bits per heavy atom. The van der Waals surface area contributed by atoms with Crippen LogP contribution < -0.4 is 0 Å². The van der Waals surface area contributed by atoms with Gasteiger partial charge in [0.25, 0.3) is 0 Å². The third-order valence-electron chi connectivity index (χ3n) is 11.0. The van der Waals surface area contributed by atoms with Gasteiger partial charge in [-0.1, -0.05) is 125 Å². The summed E-state index contributed by atoms with van der Waals surface area (Å²) >= 11 is 0. The standard InChI is InChI=1S/C41H53NO/c1-6-41(4,5)26-33-24-32-22-28(2)15-20-35(32)38(33)25-34(43)23-31-18-16-30(17-19-31)21-29(3)27-42-39-13-9-7-11-36(39)37-12-8-10-14-40(37)42/h7-15,20,22,26,29-31,34,38,43H,6,16-19,21,23-25,27H2,1-5H3/b33-26+. The summed E-state index contributed by atoms with van der Waals surface area (Å²) in [6.07, 6.45) is 12.8. The van der Waals surface area contributed by atoms with E-state index >= 15 is 0 Å². The molecule has 1 fully saturated rings. The second kappa shape index (κ2) is 12.6. The van der Waals surface area contributed by atoms with E-state index in [9.17, 15) is 5.11 Å². The normalized spacial score (nSPS) is 23.2. The maximum Gasteiger partial charge on any atom is 0.0551 e. The van der Waals surface area contributed by atoms with Gasteiger partial charge in [-0.15, -0.1) is 0 Å². The van der Waals surface area contributed by atoms with E-state index in [1.807, 2.05) is 0 Å². The van der Waals surface area contributed by atoms with Gasteiger partial charge in [-0.05, 0) is 85.5 Å². The zero-order chi connectivity index (χ0) is 30.1. The van der Waals surface area contributed by atoms with Crippen LogP contribution in [0.4, 0.5) is 0 Å². The molecule has 0 amide bonds. The van der Waals surface area contributed by atoms with Crippen molar-refractivity contribution in [3.8, 4) is 0 Å². The highest BCUT2D eigenvalue weighted by Gasteiger charge is 2.32. The third kappa shape index (κ3) is 6.65. The molecule has 1 N–H and O–H groups in total. The number of fused-ring (bicyclic) bond motifs is 4. The van der Waals surface area contributed by atoms with Crippen LogP contribution in [0.3, 0.4) is 0 Å². The molecule has 2 aliphatic carbocycles. The van der Waals surface area contributed by atoms with E-state index in [0.29, 0.717) is 17.8 Å². The molecule has 0 radical (unpaired) electrons. The summed E-state index contributed by atoms with van der Waals surface area (Å²) in [4.78, 5) is 0. The first-order valence-corrected chi connectivity index (χ1v) is 17.2. The topological polar surface area (TPSA) is 25.2 Å². The number of hydrogen-bond acceptors (Lipinski definition) is 1. The van der Waals surface area contributed by atoms with Crippen LogP contribution >= 0.6 is 0 Å². The maximum absolute atomic E-state index is 11.4. The number of benzene rings is 3. The van der Waals surface area contributed by atoms with Crippen molar-refractivity contribution in [2.75, 3.05) is 0 Å². The molecule has 3 atom stereocenters. The van der Waals surface area contributed by atoms with Crippen LogP contribution in [0.1, 0.15) is 102 Å². The van der Waals surface area contributed by atoms with Gasteiger partial charge in [-0.3, -0.25) is 0 Å². The van der Waals surface area contributed by atoms with Crippen molar-refractivity contribution in [3.05, 3.63) is 95.1 Å². The molecule has 2 aliphatic rings. The molecule has 0 spiro atoms. The van der Waals surface area contributed by atoms with Gasteiger partial charge in [0.05, 0.1) is 6.10 Å². The predicted molar refractivity (Wildman–Crippen MR) is 184 cm³/mol. The van der Waals surface area contributed by atoms with Crippen LogP contribution in [-0.4, -0.2) is 15.8 Å². The summed E-state index contributed by atoms with van der Waals surface area (Å²) in [5, 5.41) is 14.2. The second-order valence-electron chi connectivity index (χ2n) is 15.0. The van der Waals surface area contributed by atoms with Crippen LogP contribution in [-0.2, 0) is 13.0 Å². The highest BCUT2D eigenvalue weighted by atomic mass is 16.3. The maximum atomic E-state index is 11.4. The number of rotatable bonds is 10. The van der Waals surface area contributed by atoms with Crippen LogP contribution in [0.15, 0.2) is 78.4 Å². The highest BCUT2D eigenvalue weighted by molar-refractivity contribution is 6.07. The molecule has 3 unspecified atom stereocenters. The van der Waals surface area contributed by atoms with Crippen molar-refractivity contribution in [1.82, 2.24) is 4.57 Å². The Morgan fingerprint density at radius 3 is 2.09 bits per heavy atom. The van der Waals surface area contributed by atoms with Crippen molar-refractivity contribution in [1.29, 1.82) is 0 Å². The van der Waals surface area contributed by atoms with Gasteiger partial charge in [0, 0.05) is 34.3 Å². The van der Waals surface area contributed by atoms with Crippen LogP contribution in [0, 0.1) is 30.1 Å². The highest BCUT2D eigenvalue weighted by Crippen LogP contribution is 2.44. The molecule has 43 heavy (non-hydrogen) atoms. The number of para-hydroxylation sites is 2. The number of aryl methyl sites for hydroxylation is 1. The summed E-state index contributed by atoms with van der Waals surface area (Å²) in [7, 11) is 0. The monoisotopic (exact) mass is 575 g/mol. The fourth-order valence-corrected chi connectivity index (χ4v) is 8.42. The Hall–Kier alpha value is -2.84. The van der Waals surface area contributed by atoms with Crippen LogP contribution in [0.2, 0.25) is 0 Å². The predicted octanol–water partition coefficient (Wildman–Crippen LogP) is 10.8. The van der Waals surface area contributed by atoms with Gasteiger partial charge in [-0.2, -0.15) is 0 Å². The minimum absolute atomic E-state index is 0.201. The summed E-state index contributed by atoms with van der Waals surface area (Å²) in [6.45, 7) is 12.7. The molecule has 1 saturated carbocycles. The van der Waals surface area contributed by atoms with E-state index in [0.717, 1.165) is 38.1 Å². The fourth-order valence-electron chi connectivity index (χ4n) is 8.42. The SMILES string of the molecule is CCC(C)(C)/C=C1\Cc2cc(C)ccc2C1CC(O)CC1CCC(CC(C)Cn2c3ccccc3c3ccccc32)CC1. The number of hydrogen-bond donors (Lipinski definition) is 1. The Labute approximate surface area is 260 Å². The molecule has 228 valence electrons. The zero-order valence-electron chi connectivity index (χ0n) is 27.3. The lowest BCUT2D eigenvalue weighted by Crippen LogP contribution is -2.23. The smallest absolute Gasteiger partial charge is 0.0551 e. The van der Waals surface area contributed by atoms with Gasteiger partial charge in [-0.25, -0.2) is 0 Å². The lowest BCUT2D eigenvalue weighted by Gasteiger charge is -2.32. The summed E-state index contributed by atoms with van der Waals surface area (Å²) < 4.78 is 2.56. The van der Waals surface area contributed by atoms with Crippen molar-refractivity contribution in [2.24, 2.45) is 23.2 Å². The van der Waals surface area contributed by atoms with E-state index in [4.69, 9.17) is 0 Å². The Morgan fingerprint density at radius 2 is 1.47 bits per heavy atom. The largest absolute Gasteiger partial charge is 0.393 e. The number of nitrogens with zero attached hydrogens (tertiary/aromatic N) is 1. The first-order valence-electron chi connectivity index (χ1n) is 17.2. The van der Waals surface area contributed by atoms with Gasteiger partial charge in [0.2, 0.25) is 0 Å². The molecule has 4 aromatic rings. The van der Waals surface area contributed by atoms with Crippen molar-refractivity contribution >= 4 is 21.8 Å². The quantitative estimate of drug-likeness (QED) is 0.187. The Bertz CT molecular complexity index is 1530. The van der Waals surface area contributed by atoms with Crippen molar-refractivity contribution in [2.45, 2.75) is 111 Å². The first-order chi connectivity index (χ1) is 20.7. The number of aliphatic hydroxyl groups is 1. The third-order valence-corrected chi connectivity index (χ3v) is 11.0. The number of allylic oxidation sites excluding steroid dienone is 2. The minimum atomic E-state index is -0.221. The number of aromatic nitrogens is 1.